The molecular formula is C13H17ClN4S. The van der Waals surface area contributed by atoms with Crippen molar-refractivity contribution in [3.8, 4) is 0 Å². The predicted molar refractivity (Wildman–Crippen MR) is 82.9 cm³/mol. The molecule has 0 saturated carbocycles. The van der Waals surface area contributed by atoms with Gasteiger partial charge in [0.15, 0.2) is 0 Å². The topological polar surface area (TPSA) is 47.1 Å². The average molecular weight is 297 g/mol. The molecule has 1 aromatic carbocycles. The van der Waals surface area contributed by atoms with E-state index in [4.69, 9.17) is 17.3 Å². The van der Waals surface area contributed by atoms with Gasteiger partial charge in [-0.3, -0.25) is 4.90 Å². The largest absolute Gasteiger partial charge is 0.369 e. The second-order valence-electron chi connectivity index (χ2n) is 4.68. The van der Waals surface area contributed by atoms with Gasteiger partial charge in [0, 0.05) is 37.7 Å². The highest BCUT2D eigenvalue weighted by Crippen LogP contribution is 2.25. The Kier molecular flexibility index (Phi) is 3.86. The molecule has 2 aromatic rings. The minimum atomic E-state index is 0.550. The number of hydrogen-bond donors (Lipinski definition) is 1. The molecule has 0 aliphatic carbocycles. The number of anilines is 1. The van der Waals surface area contributed by atoms with Gasteiger partial charge in [0.1, 0.15) is 0 Å². The van der Waals surface area contributed by atoms with Crippen LogP contribution in [-0.2, 0) is 6.54 Å². The highest BCUT2D eigenvalue weighted by Gasteiger charge is 2.14. The Bertz CT molecular complexity index is 577. The van der Waals surface area contributed by atoms with Gasteiger partial charge >= 0.3 is 0 Å². The molecule has 0 bridgehead atoms. The first-order valence-electron chi connectivity index (χ1n) is 6.46. The van der Waals surface area contributed by atoms with Crippen LogP contribution in [0.2, 0.25) is 5.02 Å². The summed E-state index contributed by atoms with van der Waals surface area (Å²) >= 11 is 8.29. The molecule has 0 unspecified atom stereocenters. The molecule has 6 heteroatoms. The lowest BCUT2D eigenvalue weighted by atomic mass is 10.3. The maximum absolute atomic E-state index is 6.26. The van der Waals surface area contributed by atoms with Crippen LogP contribution in [0.15, 0.2) is 18.2 Å². The van der Waals surface area contributed by atoms with E-state index in [1.807, 2.05) is 34.5 Å². The van der Waals surface area contributed by atoms with Gasteiger partial charge in [-0.15, -0.1) is 0 Å². The highest BCUT2D eigenvalue weighted by molar-refractivity contribution is 7.99. The van der Waals surface area contributed by atoms with Gasteiger partial charge in [-0.2, -0.15) is 11.8 Å². The van der Waals surface area contributed by atoms with E-state index in [-0.39, 0.29) is 0 Å². The number of nitrogens with zero attached hydrogens (tertiary/aromatic N) is 3. The molecule has 0 spiro atoms. The third kappa shape index (κ3) is 2.68. The van der Waals surface area contributed by atoms with E-state index in [1.165, 1.54) is 11.5 Å². The number of nitrogens with two attached hydrogens (primary N) is 1. The molecule has 2 N–H and O–H groups in total. The van der Waals surface area contributed by atoms with Crippen LogP contribution in [0.25, 0.3) is 11.0 Å². The third-order valence-electron chi connectivity index (χ3n) is 3.49. The summed E-state index contributed by atoms with van der Waals surface area (Å²) in [5, 5.41) is 0.718. The van der Waals surface area contributed by atoms with Crippen molar-refractivity contribution in [2.45, 2.75) is 6.54 Å². The molecule has 1 aromatic heterocycles. The lowest BCUT2D eigenvalue weighted by molar-refractivity contribution is 0.291. The van der Waals surface area contributed by atoms with Gasteiger partial charge in [0.25, 0.3) is 0 Å². The van der Waals surface area contributed by atoms with Crippen LogP contribution in [0.3, 0.4) is 0 Å². The number of para-hydroxylation sites is 1. The summed E-state index contributed by atoms with van der Waals surface area (Å²) < 4.78 is 2.03. The lowest BCUT2D eigenvalue weighted by Gasteiger charge is -2.26. The van der Waals surface area contributed by atoms with Gasteiger partial charge < -0.3 is 10.3 Å². The van der Waals surface area contributed by atoms with Crippen molar-refractivity contribution in [1.29, 1.82) is 0 Å². The van der Waals surface area contributed by atoms with Crippen LogP contribution >= 0.6 is 23.4 Å². The molecular weight excluding hydrogens is 280 g/mol. The van der Waals surface area contributed by atoms with Crippen LogP contribution in [0.5, 0.6) is 0 Å². The summed E-state index contributed by atoms with van der Waals surface area (Å²) in [5.41, 5.74) is 7.83. The lowest BCUT2D eigenvalue weighted by Crippen LogP contribution is -2.35. The van der Waals surface area contributed by atoms with Crippen molar-refractivity contribution in [2.75, 3.05) is 36.9 Å². The first kappa shape index (κ1) is 13.1. The Hall–Kier alpha value is -0.910. The van der Waals surface area contributed by atoms with Crippen LogP contribution < -0.4 is 5.73 Å². The zero-order valence-corrected chi connectivity index (χ0v) is 12.3. The number of fused-ring (bicyclic) bond motifs is 1. The fourth-order valence-electron chi connectivity index (χ4n) is 2.45. The normalized spacial score (nSPS) is 17.1. The molecule has 0 atom stereocenters. The molecule has 3 rings (SSSR count). The van der Waals surface area contributed by atoms with Crippen LogP contribution in [0.1, 0.15) is 0 Å². The number of halogens is 1. The quantitative estimate of drug-likeness (QED) is 0.944. The van der Waals surface area contributed by atoms with Crippen molar-refractivity contribution in [3.63, 3.8) is 0 Å². The number of rotatable bonds is 3. The Morgan fingerprint density at radius 1 is 1.26 bits per heavy atom. The van der Waals surface area contributed by atoms with E-state index in [0.29, 0.717) is 5.95 Å². The maximum atomic E-state index is 6.26. The smallest absolute Gasteiger partial charge is 0.201 e. The Balaban J connectivity index is 1.81. The second kappa shape index (κ2) is 5.61. The number of nitrogen functional groups attached to an aromatic ring is 1. The SMILES string of the molecule is Nc1nc2cccc(Cl)c2n1CCN1CCSCC1. The Morgan fingerprint density at radius 2 is 2.05 bits per heavy atom. The molecule has 102 valence electrons. The summed E-state index contributed by atoms with van der Waals surface area (Å²) in [6.07, 6.45) is 0. The van der Waals surface area contributed by atoms with Gasteiger partial charge in [-0.05, 0) is 12.1 Å². The molecule has 1 aliphatic rings. The van der Waals surface area contributed by atoms with Crippen LogP contribution in [0, 0.1) is 0 Å². The van der Waals surface area contributed by atoms with Gasteiger partial charge in [-0.25, -0.2) is 4.98 Å². The number of thioether (sulfide) groups is 1. The van der Waals surface area contributed by atoms with Gasteiger partial charge in [0.05, 0.1) is 16.1 Å². The molecule has 0 radical (unpaired) electrons. The molecule has 2 heterocycles. The monoisotopic (exact) mass is 296 g/mol. The predicted octanol–water partition coefficient (Wildman–Crippen LogP) is 2.32. The summed E-state index contributed by atoms with van der Waals surface area (Å²) in [6.45, 7) is 4.16. The maximum Gasteiger partial charge on any atom is 0.201 e. The standard InChI is InChI=1S/C13H17ClN4S/c14-10-2-1-3-11-12(10)18(13(15)16-11)5-4-17-6-8-19-9-7-17/h1-3H,4-9H2,(H2,15,16). The van der Waals surface area contributed by atoms with Crippen molar-refractivity contribution in [1.82, 2.24) is 14.5 Å². The van der Waals surface area contributed by atoms with Crippen LogP contribution in [0.4, 0.5) is 5.95 Å². The van der Waals surface area contributed by atoms with Crippen molar-refractivity contribution in [3.05, 3.63) is 23.2 Å². The van der Waals surface area contributed by atoms with Crippen molar-refractivity contribution < 1.29 is 0 Å². The highest BCUT2D eigenvalue weighted by atomic mass is 35.5. The van der Waals surface area contributed by atoms with Crippen molar-refractivity contribution >= 4 is 40.3 Å². The zero-order valence-electron chi connectivity index (χ0n) is 10.7. The molecule has 0 amide bonds. The molecule has 1 fully saturated rings. The van der Waals surface area contributed by atoms with E-state index in [2.05, 4.69) is 9.88 Å². The number of aromatic nitrogens is 2. The molecule has 19 heavy (non-hydrogen) atoms. The summed E-state index contributed by atoms with van der Waals surface area (Å²) in [6, 6.07) is 5.74. The van der Waals surface area contributed by atoms with E-state index >= 15 is 0 Å². The van der Waals surface area contributed by atoms with E-state index < -0.39 is 0 Å². The summed E-state index contributed by atoms with van der Waals surface area (Å²) in [7, 11) is 0. The number of imidazole rings is 1. The first-order valence-corrected chi connectivity index (χ1v) is 7.99. The summed E-state index contributed by atoms with van der Waals surface area (Å²) in [4.78, 5) is 6.84. The van der Waals surface area contributed by atoms with Gasteiger partial charge in [-0.1, -0.05) is 17.7 Å². The van der Waals surface area contributed by atoms with Crippen molar-refractivity contribution in [2.24, 2.45) is 0 Å². The second-order valence-corrected chi connectivity index (χ2v) is 6.32. The molecule has 1 aliphatic heterocycles. The first-order chi connectivity index (χ1) is 9.25. The minimum absolute atomic E-state index is 0.550. The summed E-state index contributed by atoms with van der Waals surface area (Å²) in [5.74, 6) is 3.00. The van der Waals surface area contributed by atoms with E-state index in [9.17, 15) is 0 Å². The minimum Gasteiger partial charge on any atom is -0.369 e. The Labute approximate surface area is 121 Å². The Morgan fingerprint density at radius 3 is 2.84 bits per heavy atom. The van der Waals surface area contributed by atoms with Crippen LogP contribution in [-0.4, -0.2) is 45.6 Å². The molecule has 1 saturated heterocycles. The fourth-order valence-corrected chi connectivity index (χ4v) is 3.70. The number of benzene rings is 1. The third-order valence-corrected chi connectivity index (χ3v) is 4.74. The van der Waals surface area contributed by atoms with Gasteiger partial charge in [0.2, 0.25) is 5.95 Å². The van der Waals surface area contributed by atoms with E-state index in [0.717, 1.165) is 42.2 Å². The average Bonchev–Trinajstić information content (AvgIpc) is 2.75. The van der Waals surface area contributed by atoms with E-state index in [1.54, 1.807) is 0 Å². The molecule has 4 nitrogen and oxygen atoms in total. The number of hydrogen-bond acceptors (Lipinski definition) is 4. The zero-order chi connectivity index (χ0) is 13.2. The fraction of sp³-hybridized carbons (Fsp3) is 0.462.